The summed E-state index contributed by atoms with van der Waals surface area (Å²) >= 11 is 0. The summed E-state index contributed by atoms with van der Waals surface area (Å²) in [7, 11) is -1.15. The highest BCUT2D eigenvalue weighted by molar-refractivity contribution is 7.86. The molecule has 3 fully saturated rings. The number of hydrogen-bond acceptors (Lipinski definition) is 4. The van der Waals surface area contributed by atoms with Crippen LogP contribution in [-0.4, -0.2) is 43.7 Å². The van der Waals surface area contributed by atoms with Gasteiger partial charge in [-0.3, -0.25) is 4.21 Å². The molecule has 1 N–H and O–H groups in total. The van der Waals surface area contributed by atoms with Gasteiger partial charge in [0.15, 0.2) is 0 Å². The Morgan fingerprint density at radius 3 is 2.30 bits per heavy atom. The Kier molecular flexibility index (Phi) is 4.86. The molecule has 2 unspecified atom stereocenters. The van der Waals surface area contributed by atoms with E-state index in [0.29, 0.717) is 19.3 Å². The van der Waals surface area contributed by atoms with E-state index in [1.807, 2.05) is 12.1 Å². The minimum Gasteiger partial charge on any atom is -0.399 e. The molecule has 3 aliphatic heterocycles. The van der Waals surface area contributed by atoms with Crippen LogP contribution < -0.4 is 5.46 Å². The van der Waals surface area contributed by atoms with Crippen molar-refractivity contribution in [3.05, 3.63) is 29.8 Å². The van der Waals surface area contributed by atoms with Crippen LogP contribution in [0.5, 0.6) is 0 Å². The molecule has 6 heteroatoms. The summed E-state index contributed by atoms with van der Waals surface area (Å²) in [6, 6.07) is 8.21. The zero-order chi connectivity index (χ0) is 19.4. The maximum Gasteiger partial charge on any atom is 0.494 e. The average Bonchev–Trinajstić information content (AvgIpc) is 2.77. The summed E-state index contributed by atoms with van der Waals surface area (Å²) in [5.41, 5.74) is 0.607. The highest BCUT2D eigenvalue weighted by atomic mass is 32.2. The summed E-state index contributed by atoms with van der Waals surface area (Å²) in [6.45, 7) is 8.22. The third kappa shape index (κ3) is 3.66. The van der Waals surface area contributed by atoms with Crippen molar-refractivity contribution >= 4 is 23.4 Å². The first kappa shape index (κ1) is 19.6. The predicted molar refractivity (Wildman–Crippen MR) is 110 cm³/mol. The fourth-order valence-corrected chi connectivity index (χ4v) is 7.02. The monoisotopic (exact) mass is 390 g/mol. The molecule has 3 heterocycles. The topological polar surface area (TPSA) is 55.8 Å². The lowest BCUT2D eigenvalue weighted by Crippen LogP contribution is -2.50. The van der Waals surface area contributed by atoms with Crippen LogP contribution in [-0.2, 0) is 26.5 Å². The maximum atomic E-state index is 12.5. The predicted octanol–water partition coefficient (Wildman–Crippen LogP) is 2.72. The average molecular weight is 390 g/mol. The van der Waals surface area contributed by atoms with Crippen molar-refractivity contribution in [1.82, 2.24) is 0 Å². The van der Waals surface area contributed by atoms with Crippen LogP contribution in [0.25, 0.3) is 0 Å². The molecule has 148 valence electrons. The Balaban J connectivity index is 1.51. The lowest BCUT2D eigenvalue weighted by molar-refractivity contribution is 0.00578. The molecule has 3 aliphatic rings. The highest BCUT2D eigenvalue weighted by Gasteiger charge is 2.52. The number of hydrogen-bond donors (Lipinski definition) is 1. The lowest BCUT2D eigenvalue weighted by atomic mass is 9.76. The van der Waals surface area contributed by atoms with E-state index in [1.165, 1.54) is 0 Å². The highest BCUT2D eigenvalue weighted by Crippen LogP contribution is 2.41. The molecule has 4 rings (SSSR count). The van der Waals surface area contributed by atoms with Gasteiger partial charge in [-0.2, -0.15) is 0 Å². The van der Waals surface area contributed by atoms with Crippen LogP contribution in [0.15, 0.2) is 24.3 Å². The van der Waals surface area contributed by atoms with Crippen LogP contribution >= 0.6 is 0 Å². The third-order valence-corrected chi connectivity index (χ3v) is 9.05. The zero-order valence-corrected chi connectivity index (χ0v) is 17.7. The first-order valence-electron chi connectivity index (χ1n) is 10.1. The molecule has 2 atom stereocenters. The number of benzene rings is 1. The van der Waals surface area contributed by atoms with Crippen molar-refractivity contribution in [3.63, 3.8) is 0 Å². The molecule has 0 amide bonds. The van der Waals surface area contributed by atoms with Gasteiger partial charge in [0.25, 0.3) is 0 Å². The molecule has 3 saturated heterocycles. The van der Waals surface area contributed by atoms with Crippen LogP contribution in [0.2, 0.25) is 0 Å². The minimum atomic E-state index is -0.764. The quantitative estimate of drug-likeness (QED) is 0.807. The Hall–Kier alpha value is -0.685. The molecule has 1 aromatic rings. The Bertz CT molecular complexity index is 715. The van der Waals surface area contributed by atoms with E-state index < -0.39 is 16.4 Å². The fraction of sp³-hybridized carbons (Fsp3) is 0.714. The smallest absolute Gasteiger partial charge is 0.399 e. The summed E-state index contributed by atoms with van der Waals surface area (Å²) in [5, 5.41) is 11.6. The van der Waals surface area contributed by atoms with Gasteiger partial charge in [0, 0.05) is 27.7 Å². The van der Waals surface area contributed by atoms with E-state index in [2.05, 4.69) is 39.8 Å². The van der Waals surface area contributed by atoms with Crippen molar-refractivity contribution in [2.75, 3.05) is 0 Å². The van der Waals surface area contributed by atoms with Gasteiger partial charge in [-0.1, -0.05) is 30.7 Å². The van der Waals surface area contributed by atoms with Gasteiger partial charge in [0.05, 0.1) is 16.8 Å². The van der Waals surface area contributed by atoms with Crippen molar-refractivity contribution in [3.8, 4) is 0 Å². The molecule has 0 saturated carbocycles. The minimum absolute atomic E-state index is 0.161. The second-order valence-electron chi connectivity index (χ2n) is 9.65. The zero-order valence-electron chi connectivity index (χ0n) is 16.9. The van der Waals surface area contributed by atoms with Crippen molar-refractivity contribution in [1.29, 1.82) is 0 Å². The molecule has 0 radical (unpaired) electrons. The van der Waals surface area contributed by atoms with Gasteiger partial charge >= 0.3 is 7.12 Å². The van der Waals surface area contributed by atoms with E-state index in [4.69, 9.17) is 9.31 Å². The summed E-state index contributed by atoms with van der Waals surface area (Å²) in [6.07, 6.45) is 5.02. The summed E-state index contributed by atoms with van der Waals surface area (Å²) in [4.78, 5) is 0. The van der Waals surface area contributed by atoms with Crippen LogP contribution in [0.1, 0.15) is 65.4 Å². The maximum absolute atomic E-state index is 12.5. The molecule has 1 aromatic carbocycles. The van der Waals surface area contributed by atoms with Gasteiger partial charge in [0.1, 0.15) is 0 Å². The van der Waals surface area contributed by atoms with E-state index in [0.717, 1.165) is 30.3 Å². The van der Waals surface area contributed by atoms with Crippen LogP contribution in [0.3, 0.4) is 0 Å². The molecule has 0 aliphatic carbocycles. The molecular formula is C21H31BO4S. The second kappa shape index (κ2) is 6.69. The largest absolute Gasteiger partial charge is 0.494 e. The van der Waals surface area contributed by atoms with Crippen LogP contribution in [0, 0.1) is 0 Å². The van der Waals surface area contributed by atoms with Crippen molar-refractivity contribution in [2.45, 2.75) is 93.5 Å². The van der Waals surface area contributed by atoms with Gasteiger partial charge in [0.2, 0.25) is 0 Å². The van der Waals surface area contributed by atoms with Crippen molar-refractivity contribution < 1.29 is 18.6 Å². The molecule has 2 bridgehead atoms. The third-order valence-electron chi connectivity index (χ3n) is 6.93. The first-order valence-corrected chi connectivity index (χ1v) is 11.4. The van der Waals surface area contributed by atoms with Gasteiger partial charge in [-0.15, -0.1) is 0 Å². The van der Waals surface area contributed by atoms with Gasteiger partial charge < -0.3 is 14.4 Å². The van der Waals surface area contributed by atoms with Gasteiger partial charge in [-0.05, 0) is 64.4 Å². The Morgan fingerprint density at radius 1 is 1.11 bits per heavy atom. The molecule has 4 nitrogen and oxygen atoms in total. The SMILES string of the molecule is CC1(C)OB(c2cccc(CC3(O)CC4CCCC(C3)S4=O)c2)OC1(C)C. The first-order chi connectivity index (χ1) is 12.6. The lowest BCUT2D eigenvalue weighted by Gasteiger charge is -2.43. The van der Waals surface area contributed by atoms with Crippen LogP contribution in [0.4, 0.5) is 0 Å². The fourth-order valence-electron chi connectivity index (χ4n) is 4.73. The molecule has 27 heavy (non-hydrogen) atoms. The van der Waals surface area contributed by atoms with E-state index in [9.17, 15) is 9.32 Å². The van der Waals surface area contributed by atoms with Crippen molar-refractivity contribution in [2.24, 2.45) is 0 Å². The van der Waals surface area contributed by atoms with E-state index in [1.54, 1.807) is 0 Å². The van der Waals surface area contributed by atoms with E-state index in [-0.39, 0.29) is 28.8 Å². The molecule has 0 aromatic heterocycles. The molecule has 0 spiro atoms. The Labute approximate surface area is 165 Å². The summed E-state index contributed by atoms with van der Waals surface area (Å²) in [5.74, 6) is 0. The number of rotatable bonds is 3. The normalized spacial score (nSPS) is 37.4. The van der Waals surface area contributed by atoms with Gasteiger partial charge in [-0.25, -0.2) is 0 Å². The molecular weight excluding hydrogens is 359 g/mol. The van der Waals surface area contributed by atoms with E-state index >= 15 is 0 Å². The summed E-state index contributed by atoms with van der Waals surface area (Å²) < 4.78 is 24.8. The Morgan fingerprint density at radius 2 is 1.70 bits per heavy atom. The number of aliphatic hydroxyl groups is 1. The number of fused-ring (bicyclic) bond motifs is 2. The second-order valence-corrected chi connectivity index (χ2v) is 11.6. The standard InChI is InChI=1S/C21H31BO4S/c1-19(2)20(3,4)26-22(25-19)16-8-5-7-15(11-16)12-21(23)13-17-9-6-10-18(14-21)27(17)24/h5,7-8,11,17-18,23H,6,9-10,12-14H2,1-4H3.